The van der Waals surface area contributed by atoms with Gasteiger partial charge in [0.1, 0.15) is 13.2 Å². The number of carbonyl (C=O) groups is 2. The molecule has 0 saturated heterocycles. The second-order valence-electron chi connectivity index (χ2n) is 7.18. The summed E-state index contributed by atoms with van der Waals surface area (Å²) in [5, 5.41) is 0. The SMILES string of the molecule is CCCCCCCCCCCC(=O)OCCOC(=O)CCCCCCC. The molecule has 0 aliphatic heterocycles. The first-order valence-electron chi connectivity index (χ1n) is 11.0. The Bertz CT molecular complexity index is 328. The summed E-state index contributed by atoms with van der Waals surface area (Å²) in [6, 6.07) is 0. The van der Waals surface area contributed by atoms with E-state index < -0.39 is 0 Å². The molecule has 0 aromatic heterocycles. The highest BCUT2D eigenvalue weighted by Crippen LogP contribution is 2.11. The standard InChI is InChI=1S/C22H42O4/c1-3-5-7-9-10-11-12-14-16-18-22(24)26-20-19-25-21(23)17-15-13-8-6-4-2/h3-20H2,1-2H3. The van der Waals surface area contributed by atoms with Gasteiger partial charge in [-0.25, -0.2) is 0 Å². The van der Waals surface area contributed by atoms with Crippen LogP contribution in [0, 0.1) is 0 Å². The van der Waals surface area contributed by atoms with Gasteiger partial charge in [-0.3, -0.25) is 9.59 Å². The van der Waals surface area contributed by atoms with Crippen LogP contribution in [0.15, 0.2) is 0 Å². The quantitative estimate of drug-likeness (QED) is 0.196. The van der Waals surface area contributed by atoms with Crippen molar-refractivity contribution in [3.8, 4) is 0 Å². The predicted molar refractivity (Wildman–Crippen MR) is 107 cm³/mol. The minimum atomic E-state index is -0.184. The molecular formula is C22H42O4. The van der Waals surface area contributed by atoms with Crippen molar-refractivity contribution in [2.45, 2.75) is 117 Å². The van der Waals surface area contributed by atoms with Crippen LogP contribution in [0.2, 0.25) is 0 Å². The molecule has 0 N–H and O–H groups in total. The summed E-state index contributed by atoms with van der Waals surface area (Å²) in [6.07, 6.45) is 17.6. The molecule has 0 unspecified atom stereocenters. The van der Waals surface area contributed by atoms with E-state index in [1.807, 2.05) is 0 Å². The number of esters is 2. The lowest BCUT2D eigenvalue weighted by molar-refractivity contribution is -0.152. The van der Waals surface area contributed by atoms with E-state index in [0.29, 0.717) is 12.8 Å². The molecular weight excluding hydrogens is 328 g/mol. The van der Waals surface area contributed by atoms with Gasteiger partial charge in [-0.05, 0) is 12.8 Å². The van der Waals surface area contributed by atoms with Crippen molar-refractivity contribution in [3.63, 3.8) is 0 Å². The average Bonchev–Trinajstić information content (AvgIpc) is 2.63. The molecule has 0 aromatic rings. The number of ether oxygens (including phenoxy) is 2. The van der Waals surface area contributed by atoms with Gasteiger partial charge in [0, 0.05) is 12.8 Å². The summed E-state index contributed by atoms with van der Waals surface area (Å²) in [4.78, 5) is 23.1. The highest BCUT2D eigenvalue weighted by molar-refractivity contribution is 5.70. The summed E-state index contributed by atoms with van der Waals surface area (Å²) < 4.78 is 10.2. The van der Waals surface area contributed by atoms with Crippen LogP contribution in [0.3, 0.4) is 0 Å². The van der Waals surface area contributed by atoms with Crippen LogP contribution in [0.1, 0.15) is 117 Å². The minimum absolute atomic E-state index is 0.177. The summed E-state index contributed by atoms with van der Waals surface area (Å²) in [5.74, 6) is -0.361. The smallest absolute Gasteiger partial charge is 0.305 e. The molecule has 0 amide bonds. The minimum Gasteiger partial charge on any atom is -0.462 e. The molecule has 154 valence electrons. The Morgan fingerprint density at radius 1 is 0.500 bits per heavy atom. The van der Waals surface area contributed by atoms with Crippen LogP contribution in [0.4, 0.5) is 0 Å². The van der Waals surface area contributed by atoms with Crippen molar-refractivity contribution in [2.24, 2.45) is 0 Å². The van der Waals surface area contributed by atoms with Gasteiger partial charge in [-0.15, -0.1) is 0 Å². The highest BCUT2D eigenvalue weighted by Gasteiger charge is 2.05. The zero-order valence-electron chi connectivity index (χ0n) is 17.4. The molecule has 0 aliphatic carbocycles. The van der Waals surface area contributed by atoms with Gasteiger partial charge in [0.05, 0.1) is 0 Å². The van der Waals surface area contributed by atoms with Crippen molar-refractivity contribution in [1.82, 2.24) is 0 Å². The van der Waals surface area contributed by atoms with Crippen molar-refractivity contribution < 1.29 is 19.1 Å². The van der Waals surface area contributed by atoms with E-state index in [9.17, 15) is 9.59 Å². The maximum Gasteiger partial charge on any atom is 0.305 e. The van der Waals surface area contributed by atoms with E-state index in [0.717, 1.165) is 25.7 Å². The third-order valence-electron chi connectivity index (χ3n) is 4.58. The average molecular weight is 371 g/mol. The van der Waals surface area contributed by atoms with Gasteiger partial charge in [0.25, 0.3) is 0 Å². The molecule has 4 nitrogen and oxygen atoms in total. The molecule has 0 heterocycles. The fraction of sp³-hybridized carbons (Fsp3) is 0.909. The number of unbranched alkanes of at least 4 members (excludes halogenated alkanes) is 12. The largest absolute Gasteiger partial charge is 0.462 e. The maximum atomic E-state index is 11.6. The Labute approximate surface area is 161 Å². The Balaban J connectivity index is 3.29. The van der Waals surface area contributed by atoms with Gasteiger partial charge in [-0.1, -0.05) is 90.9 Å². The van der Waals surface area contributed by atoms with Crippen LogP contribution >= 0.6 is 0 Å². The number of hydrogen-bond acceptors (Lipinski definition) is 4. The lowest BCUT2D eigenvalue weighted by Gasteiger charge is -2.07. The Morgan fingerprint density at radius 2 is 0.808 bits per heavy atom. The monoisotopic (exact) mass is 370 g/mol. The summed E-state index contributed by atoms with van der Waals surface area (Å²) >= 11 is 0. The van der Waals surface area contributed by atoms with Crippen molar-refractivity contribution in [2.75, 3.05) is 13.2 Å². The van der Waals surface area contributed by atoms with Crippen molar-refractivity contribution in [3.05, 3.63) is 0 Å². The molecule has 0 spiro atoms. The molecule has 26 heavy (non-hydrogen) atoms. The third-order valence-corrected chi connectivity index (χ3v) is 4.58. The molecule has 0 aromatic carbocycles. The van der Waals surface area contributed by atoms with Gasteiger partial charge < -0.3 is 9.47 Å². The fourth-order valence-electron chi connectivity index (χ4n) is 2.91. The zero-order chi connectivity index (χ0) is 19.3. The Hall–Kier alpha value is -1.06. The molecule has 4 heteroatoms. The van der Waals surface area contributed by atoms with Crippen molar-refractivity contribution >= 4 is 11.9 Å². The van der Waals surface area contributed by atoms with Crippen LogP contribution in [0.5, 0.6) is 0 Å². The van der Waals surface area contributed by atoms with Gasteiger partial charge in [-0.2, -0.15) is 0 Å². The zero-order valence-corrected chi connectivity index (χ0v) is 17.4. The van der Waals surface area contributed by atoms with Crippen LogP contribution in [-0.4, -0.2) is 25.2 Å². The second-order valence-corrected chi connectivity index (χ2v) is 7.18. The lowest BCUT2D eigenvalue weighted by atomic mass is 10.1. The lowest BCUT2D eigenvalue weighted by Crippen LogP contribution is -2.13. The van der Waals surface area contributed by atoms with E-state index in [2.05, 4.69) is 13.8 Å². The van der Waals surface area contributed by atoms with Crippen LogP contribution < -0.4 is 0 Å². The predicted octanol–water partition coefficient (Wildman–Crippen LogP) is 6.35. The highest BCUT2D eigenvalue weighted by atomic mass is 16.6. The summed E-state index contributed by atoms with van der Waals surface area (Å²) in [7, 11) is 0. The van der Waals surface area contributed by atoms with Crippen LogP contribution in [-0.2, 0) is 19.1 Å². The molecule has 0 bridgehead atoms. The van der Waals surface area contributed by atoms with Gasteiger partial charge >= 0.3 is 11.9 Å². The van der Waals surface area contributed by atoms with Crippen molar-refractivity contribution in [1.29, 1.82) is 0 Å². The molecule has 0 fully saturated rings. The fourth-order valence-corrected chi connectivity index (χ4v) is 2.91. The number of carbonyl (C=O) groups excluding carboxylic acids is 2. The first kappa shape index (κ1) is 24.9. The number of rotatable bonds is 19. The van der Waals surface area contributed by atoms with E-state index in [1.165, 1.54) is 64.2 Å². The molecule has 0 atom stereocenters. The third kappa shape index (κ3) is 19.3. The van der Waals surface area contributed by atoms with E-state index in [1.54, 1.807) is 0 Å². The van der Waals surface area contributed by atoms with Gasteiger partial charge in [0.15, 0.2) is 0 Å². The first-order valence-corrected chi connectivity index (χ1v) is 11.0. The summed E-state index contributed by atoms with van der Waals surface area (Å²) in [5.41, 5.74) is 0. The van der Waals surface area contributed by atoms with E-state index in [4.69, 9.17) is 9.47 Å². The Kier molecular flexibility index (Phi) is 19.4. The summed E-state index contributed by atoms with van der Waals surface area (Å²) in [6.45, 7) is 4.76. The van der Waals surface area contributed by atoms with Gasteiger partial charge in [0.2, 0.25) is 0 Å². The molecule has 0 saturated carbocycles. The second kappa shape index (κ2) is 20.3. The Morgan fingerprint density at radius 3 is 1.15 bits per heavy atom. The van der Waals surface area contributed by atoms with E-state index in [-0.39, 0.29) is 25.2 Å². The topological polar surface area (TPSA) is 52.6 Å². The first-order chi connectivity index (χ1) is 12.7. The van der Waals surface area contributed by atoms with E-state index >= 15 is 0 Å². The molecule has 0 radical (unpaired) electrons. The normalized spacial score (nSPS) is 10.7. The maximum absolute atomic E-state index is 11.6. The number of hydrogen-bond donors (Lipinski definition) is 0. The van der Waals surface area contributed by atoms with Crippen LogP contribution in [0.25, 0.3) is 0 Å². The molecule has 0 rings (SSSR count). The molecule has 0 aliphatic rings.